The molecule has 0 aliphatic rings. The molecule has 0 rings (SSSR count). The van der Waals surface area contributed by atoms with E-state index in [1.54, 1.807) is 0 Å². The van der Waals surface area contributed by atoms with E-state index in [1.165, 1.54) is 148 Å². The van der Waals surface area contributed by atoms with Crippen LogP contribution < -0.4 is 0 Å². The first-order valence-corrected chi connectivity index (χ1v) is 22.7. The summed E-state index contributed by atoms with van der Waals surface area (Å²) in [4.78, 5) is 42.7. The molecule has 2 N–H and O–H groups in total. The molecule has 0 bridgehead atoms. The molecular weight excluding hydrogens is 651 g/mol. The maximum atomic E-state index is 12.3. The summed E-state index contributed by atoms with van der Waals surface area (Å²) in [5.41, 5.74) is 0. The predicted molar refractivity (Wildman–Crippen MR) is 207 cm³/mol. The highest BCUT2D eigenvalue weighted by molar-refractivity contribution is 7.46. The predicted octanol–water partition coefficient (Wildman–Crippen LogP) is 12.7. The SMILES string of the molecule is CCCCCCCCCCCCCC(=O)O[C@H](COC(=O)CCCCCCCCCCCCCCCCCCCCC(C)C)COP(=O)(O)O. The molecule has 50 heavy (non-hydrogen) atoms. The number of phosphoric acid groups is 1. The summed E-state index contributed by atoms with van der Waals surface area (Å²) in [6.07, 6.45) is 36.9. The molecule has 0 unspecified atom stereocenters. The molecule has 0 amide bonds. The fourth-order valence-corrected chi connectivity index (χ4v) is 6.74. The van der Waals surface area contributed by atoms with Gasteiger partial charge in [0.05, 0.1) is 6.61 Å². The van der Waals surface area contributed by atoms with Gasteiger partial charge in [-0.2, -0.15) is 0 Å². The van der Waals surface area contributed by atoms with Gasteiger partial charge in [-0.15, -0.1) is 0 Å². The largest absolute Gasteiger partial charge is 0.469 e. The Morgan fingerprint density at radius 3 is 1.20 bits per heavy atom. The molecular formula is C41H81O8P. The summed E-state index contributed by atoms with van der Waals surface area (Å²) in [6, 6.07) is 0. The van der Waals surface area contributed by atoms with Crippen LogP contribution in [-0.4, -0.2) is 41.0 Å². The number of carbonyl (C=O) groups excluding carboxylic acids is 2. The zero-order valence-electron chi connectivity index (χ0n) is 33.0. The highest BCUT2D eigenvalue weighted by Crippen LogP contribution is 2.36. The Balaban J connectivity index is 3.79. The number of rotatable bonds is 39. The molecule has 298 valence electrons. The molecule has 0 spiro atoms. The van der Waals surface area contributed by atoms with Crippen LogP contribution in [0, 0.1) is 5.92 Å². The van der Waals surface area contributed by atoms with Crippen molar-refractivity contribution in [2.24, 2.45) is 5.92 Å². The number of phosphoric ester groups is 1. The van der Waals surface area contributed by atoms with E-state index in [0.717, 1.165) is 44.4 Å². The van der Waals surface area contributed by atoms with Crippen molar-refractivity contribution in [3.05, 3.63) is 0 Å². The second-order valence-electron chi connectivity index (χ2n) is 15.2. The summed E-state index contributed by atoms with van der Waals surface area (Å²) in [5, 5.41) is 0. The lowest BCUT2D eigenvalue weighted by atomic mass is 10.0. The maximum Gasteiger partial charge on any atom is 0.469 e. The Hall–Kier alpha value is -0.950. The summed E-state index contributed by atoms with van der Waals surface area (Å²) < 4.78 is 26.3. The Kier molecular flexibility index (Phi) is 35.7. The number of unbranched alkanes of at least 4 members (excludes halogenated alkanes) is 27. The highest BCUT2D eigenvalue weighted by atomic mass is 31.2. The van der Waals surface area contributed by atoms with Crippen LogP contribution in [0.2, 0.25) is 0 Å². The molecule has 0 aromatic carbocycles. The second-order valence-corrected chi connectivity index (χ2v) is 16.4. The van der Waals surface area contributed by atoms with Gasteiger partial charge in [0, 0.05) is 12.8 Å². The number of hydrogen-bond acceptors (Lipinski definition) is 6. The van der Waals surface area contributed by atoms with Crippen molar-refractivity contribution < 1.29 is 37.9 Å². The third-order valence-electron chi connectivity index (χ3n) is 9.55. The van der Waals surface area contributed by atoms with Crippen molar-refractivity contribution in [3.8, 4) is 0 Å². The minimum atomic E-state index is -4.74. The van der Waals surface area contributed by atoms with Gasteiger partial charge in [-0.05, 0) is 18.8 Å². The Bertz CT molecular complexity index is 799. The Labute approximate surface area is 308 Å². The van der Waals surface area contributed by atoms with Gasteiger partial charge in [0.1, 0.15) is 6.61 Å². The second kappa shape index (κ2) is 36.4. The number of esters is 2. The lowest BCUT2D eigenvalue weighted by Crippen LogP contribution is -2.29. The van der Waals surface area contributed by atoms with Gasteiger partial charge < -0.3 is 19.3 Å². The fourth-order valence-electron chi connectivity index (χ4n) is 6.38. The first kappa shape index (κ1) is 49.0. The molecule has 0 heterocycles. The van der Waals surface area contributed by atoms with Crippen LogP contribution in [0.3, 0.4) is 0 Å². The van der Waals surface area contributed by atoms with Crippen molar-refractivity contribution in [1.29, 1.82) is 0 Å². The first-order valence-electron chi connectivity index (χ1n) is 21.2. The highest BCUT2D eigenvalue weighted by Gasteiger charge is 2.23. The topological polar surface area (TPSA) is 119 Å². The quantitative estimate of drug-likeness (QED) is 0.0364. The van der Waals surface area contributed by atoms with Crippen LogP contribution >= 0.6 is 7.82 Å². The van der Waals surface area contributed by atoms with Crippen molar-refractivity contribution in [2.75, 3.05) is 13.2 Å². The third kappa shape index (κ3) is 39.8. The van der Waals surface area contributed by atoms with Crippen molar-refractivity contribution in [2.45, 2.75) is 232 Å². The number of carbonyl (C=O) groups is 2. The van der Waals surface area contributed by atoms with Crippen LogP contribution in [0.25, 0.3) is 0 Å². The molecule has 0 saturated heterocycles. The van der Waals surface area contributed by atoms with Gasteiger partial charge in [0.2, 0.25) is 0 Å². The van der Waals surface area contributed by atoms with Crippen LogP contribution in [0.1, 0.15) is 226 Å². The molecule has 1 atom stereocenters. The zero-order chi connectivity index (χ0) is 37.0. The molecule has 0 aliphatic heterocycles. The van der Waals surface area contributed by atoms with E-state index in [1.807, 2.05) is 0 Å². The van der Waals surface area contributed by atoms with E-state index in [-0.39, 0.29) is 19.4 Å². The zero-order valence-corrected chi connectivity index (χ0v) is 33.9. The monoisotopic (exact) mass is 733 g/mol. The molecule has 0 aromatic rings. The smallest absolute Gasteiger partial charge is 0.462 e. The summed E-state index contributed by atoms with van der Waals surface area (Å²) >= 11 is 0. The normalized spacial score (nSPS) is 12.4. The number of ether oxygens (including phenoxy) is 2. The standard InChI is InChI=1S/C41H81O8P/c1-4-5-6-7-8-9-18-23-26-29-32-35-41(43)49-39(37-48-50(44,45)46)36-47-40(42)34-31-28-25-22-20-17-15-13-11-10-12-14-16-19-21-24-27-30-33-38(2)3/h38-39H,4-37H2,1-3H3,(H2,44,45,46)/t39-/m1/s1. The van der Waals surface area contributed by atoms with Crippen molar-refractivity contribution >= 4 is 19.8 Å². The summed E-state index contributed by atoms with van der Waals surface area (Å²) in [5.74, 6) is -0.0196. The van der Waals surface area contributed by atoms with E-state index in [0.29, 0.717) is 6.42 Å². The van der Waals surface area contributed by atoms with E-state index < -0.39 is 32.5 Å². The molecule has 0 fully saturated rings. The van der Waals surface area contributed by atoms with E-state index in [4.69, 9.17) is 19.3 Å². The van der Waals surface area contributed by atoms with Gasteiger partial charge in [-0.3, -0.25) is 14.1 Å². The number of hydrogen-bond donors (Lipinski definition) is 2. The van der Waals surface area contributed by atoms with Gasteiger partial charge >= 0.3 is 19.8 Å². The van der Waals surface area contributed by atoms with E-state index in [9.17, 15) is 14.2 Å². The fraction of sp³-hybridized carbons (Fsp3) is 0.951. The van der Waals surface area contributed by atoms with Crippen LogP contribution in [0.5, 0.6) is 0 Å². The molecule has 0 aliphatic carbocycles. The average Bonchev–Trinajstić information content (AvgIpc) is 3.07. The molecule has 9 heteroatoms. The Morgan fingerprint density at radius 2 is 0.840 bits per heavy atom. The third-order valence-corrected chi connectivity index (χ3v) is 10.0. The summed E-state index contributed by atoms with van der Waals surface area (Å²) in [6.45, 7) is 6.06. The van der Waals surface area contributed by atoms with Gasteiger partial charge in [0.15, 0.2) is 6.10 Å². The Morgan fingerprint density at radius 1 is 0.500 bits per heavy atom. The van der Waals surface area contributed by atoms with Gasteiger partial charge in [-0.25, -0.2) is 4.57 Å². The van der Waals surface area contributed by atoms with Gasteiger partial charge in [0.25, 0.3) is 0 Å². The average molecular weight is 733 g/mol. The van der Waals surface area contributed by atoms with Crippen molar-refractivity contribution in [1.82, 2.24) is 0 Å². The van der Waals surface area contributed by atoms with Crippen LogP contribution in [0.4, 0.5) is 0 Å². The lowest BCUT2D eigenvalue weighted by Gasteiger charge is -2.18. The summed E-state index contributed by atoms with van der Waals surface area (Å²) in [7, 11) is -4.74. The minimum absolute atomic E-state index is 0.219. The van der Waals surface area contributed by atoms with Gasteiger partial charge in [-0.1, -0.05) is 201 Å². The van der Waals surface area contributed by atoms with Crippen LogP contribution in [-0.2, 0) is 28.2 Å². The van der Waals surface area contributed by atoms with E-state index >= 15 is 0 Å². The maximum absolute atomic E-state index is 12.3. The molecule has 0 saturated carbocycles. The molecule has 0 radical (unpaired) electrons. The van der Waals surface area contributed by atoms with E-state index in [2.05, 4.69) is 25.3 Å². The van der Waals surface area contributed by atoms with Crippen LogP contribution in [0.15, 0.2) is 0 Å². The van der Waals surface area contributed by atoms with Crippen molar-refractivity contribution in [3.63, 3.8) is 0 Å². The molecule has 0 aromatic heterocycles. The lowest BCUT2D eigenvalue weighted by molar-refractivity contribution is -0.161. The first-order chi connectivity index (χ1) is 24.1. The molecule has 8 nitrogen and oxygen atoms in total. The minimum Gasteiger partial charge on any atom is -0.462 e.